The van der Waals surface area contributed by atoms with E-state index >= 15 is 0 Å². The minimum absolute atomic E-state index is 0.0158. The molecular weight excluding hydrogens is 504 g/mol. The number of benzene rings is 2. The number of aromatic nitrogens is 2. The highest BCUT2D eigenvalue weighted by Gasteiger charge is 2.45. The molecule has 6 rings (SSSR count). The monoisotopic (exact) mass is 535 g/mol. The number of piperidine rings is 1. The Morgan fingerprint density at radius 1 is 1.18 bits per heavy atom. The third kappa shape index (κ3) is 4.74. The molecule has 3 aliphatic rings. The lowest BCUT2D eigenvalue weighted by molar-refractivity contribution is -0.0613. The van der Waals surface area contributed by atoms with Gasteiger partial charge in [0.25, 0.3) is 5.56 Å². The van der Waals surface area contributed by atoms with Gasteiger partial charge >= 0.3 is 0 Å². The minimum atomic E-state index is -0.747. The van der Waals surface area contributed by atoms with Gasteiger partial charge in [0.2, 0.25) is 0 Å². The first kappa shape index (κ1) is 25.7. The maximum atomic E-state index is 14.5. The van der Waals surface area contributed by atoms with Crippen molar-refractivity contribution in [2.45, 2.75) is 68.8 Å². The van der Waals surface area contributed by atoms with Crippen LogP contribution in [0.25, 0.3) is 10.9 Å². The minimum Gasteiger partial charge on any atom is -0.453 e. The number of ether oxygens (including phenoxy) is 2. The molecule has 204 valence electrons. The Kier molecular flexibility index (Phi) is 6.73. The number of nitrogens with zero attached hydrogens (tertiary/aromatic N) is 4. The molecule has 1 spiro atoms. The standard InChI is InChI=1S/C29H31F2N5O3/c30-22-3-1-2-4-26(22)35-11-9-29(10-12-35)14-18(16-38-29)36-17-34-25-8-5-19(13-20(25)28(36)37)39-27-21(15-32)24(33)7-6-23(27)31/h5-8,13,17-18,22,26H,1-4,9-12,14,16,33H2. The SMILES string of the molecule is N#Cc1c(N)ccc(F)c1Oc1ccc2ncn(C3COC4(CCN(C5CCCCC5F)CC4)C3)c(=O)c2c1. The summed E-state index contributed by atoms with van der Waals surface area (Å²) in [7, 11) is 0. The summed E-state index contributed by atoms with van der Waals surface area (Å²) in [5.41, 5.74) is 5.71. The quantitative estimate of drug-likeness (QED) is 0.476. The van der Waals surface area contributed by atoms with Gasteiger partial charge in [-0.1, -0.05) is 12.8 Å². The highest BCUT2D eigenvalue weighted by molar-refractivity contribution is 5.79. The summed E-state index contributed by atoms with van der Waals surface area (Å²) in [6, 6.07) is 8.84. The molecule has 0 radical (unpaired) electrons. The number of nitrogens with two attached hydrogens (primary N) is 1. The molecule has 1 saturated carbocycles. The largest absolute Gasteiger partial charge is 0.453 e. The number of fused-ring (bicyclic) bond motifs is 1. The van der Waals surface area contributed by atoms with Crippen molar-refractivity contribution in [3.8, 4) is 17.6 Å². The molecule has 3 unspecified atom stereocenters. The van der Waals surface area contributed by atoms with Crippen LogP contribution in [0.1, 0.15) is 56.6 Å². The third-order valence-electron chi connectivity index (χ3n) is 8.64. The Balaban J connectivity index is 1.21. The van der Waals surface area contributed by atoms with Crippen LogP contribution in [0, 0.1) is 17.1 Å². The van der Waals surface area contributed by atoms with Gasteiger partial charge in [-0.2, -0.15) is 5.26 Å². The molecule has 0 bridgehead atoms. The number of hydrogen-bond donors (Lipinski definition) is 1. The Morgan fingerprint density at radius 2 is 1.97 bits per heavy atom. The number of alkyl halides is 1. The molecule has 8 nitrogen and oxygen atoms in total. The number of rotatable bonds is 4. The van der Waals surface area contributed by atoms with Gasteiger partial charge in [0, 0.05) is 19.1 Å². The first-order chi connectivity index (χ1) is 18.9. The van der Waals surface area contributed by atoms with E-state index in [-0.39, 0.29) is 46.0 Å². The average Bonchev–Trinajstić information content (AvgIpc) is 3.35. The van der Waals surface area contributed by atoms with Crippen molar-refractivity contribution in [1.82, 2.24) is 14.5 Å². The van der Waals surface area contributed by atoms with Crippen LogP contribution in [0.15, 0.2) is 41.5 Å². The highest BCUT2D eigenvalue weighted by Crippen LogP contribution is 2.42. The van der Waals surface area contributed by atoms with Gasteiger partial charge in [0.15, 0.2) is 11.6 Å². The van der Waals surface area contributed by atoms with Gasteiger partial charge in [0.1, 0.15) is 23.6 Å². The van der Waals surface area contributed by atoms with E-state index in [1.807, 2.05) is 6.07 Å². The maximum Gasteiger partial charge on any atom is 0.261 e. The van der Waals surface area contributed by atoms with E-state index in [1.54, 1.807) is 23.0 Å². The number of anilines is 1. The summed E-state index contributed by atoms with van der Waals surface area (Å²) in [5, 5.41) is 9.72. The van der Waals surface area contributed by atoms with Crippen LogP contribution in [-0.4, -0.2) is 52.0 Å². The topological polar surface area (TPSA) is 106 Å². The molecule has 2 aliphatic heterocycles. The summed E-state index contributed by atoms with van der Waals surface area (Å²) >= 11 is 0. The van der Waals surface area contributed by atoms with Gasteiger partial charge in [-0.15, -0.1) is 0 Å². The fourth-order valence-corrected chi connectivity index (χ4v) is 6.43. The van der Waals surface area contributed by atoms with Crippen molar-refractivity contribution in [2.75, 3.05) is 25.4 Å². The zero-order chi connectivity index (χ0) is 27.1. The number of nitriles is 1. The Bertz CT molecular complexity index is 1490. The van der Waals surface area contributed by atoms with E-state index in [2.05, 4.69) is 9.88 Å². The third-order valence-corrected chi connectivity index (χ3v) is 8.64. The molecule has 2 saturated heterocycles. The highest BCUT2D eigenvalue weighted by atomic mass is 19.1. The Hall–Kier alpha value is -3.55. The van der Waals surface area contributed by atoms with E-state index in [0.717, 1.165) is 51.3 Å². The van der Waals surface area contributed by atoms with Crippen LogP contribution in [-0.2, 0) is 4.74 Å². The molecule has 3 atom stereocenters. The predicted octanol–water partition coefficient (Wildman–Crippen LogP) is 4.86. The van der Waals surface area contributed by atoms with E-state index in [0.29, 0.717) is 30.4 Å². The van der Waals surface area contributed by atoms with Crippen molar-refractivity contribution >= 4 is 16.6 Å². The molecule has 2 N–H and O–H groups in total. The van der Waals surface area contributed by atoms with Crippen molar-refractivity contribution in [1.29, 1.82) is 5.26 Å². The maximum absolute atomic E-state index is 14.5. The van der Waals surface area contributed by atoms with Crippen LogP contribution < -0.4 is 16.0 Å². The Morgan fingerprint density at radius 3 is 2.74 bits per heavy atom. The average molecular weight is 536 g/mol. The van der Waals surface area contributed by atoms with Crippen LogP contribution in [0.3, 0.4) is 0 Å². The van der Waals surface area contributed by atoms with Crippen LogP contribution in [0.4, 0.5) is 14.5 Å². The van der Waals surface area contributed by atoms with Crippen molar-refractivity contribution in [2.24, 2.45) is 0 Å². The molecule has 1 aromatic heterocycles. The normalized spacial score (nSPS) is 25.1. The number of hydrogen-bond acceptors (Lipinski definition) is 7. The zero-order valence-corrected chi connectivity index (χ0v) is 21.6. The fraction of sp³-hybridized carbons (Fsp3) is 0.483. The lowest BCUT2D eigenvalue weighted by atomic mass is 9.84. The van der Waals surface area contributed by atoms with Gasteiger partial charge in [-0.25, -0.2) is 13.8 Å². The van der Waals surface area contributed by atoms with Crippen LogP contribution in [0.5, 0.6) is 11.5 Å². The van der Waals surface area contributed by atoms with Crippen molar-refractivity contribution in [3.63, 3.8) is 0 Å². The molecule has 3 heterocycles. The van der Waals surface area contributed by atoms with Crippen molar-refractivity contribution in [3.05, 3.63) is 58.4 Å². The van der Waals surface area contributed by atoms with Gasteiger partial charge < -0.3 is 15.2 Å². The smallest absolute Gasteiger partial charge is 0.261 e. The summed E-state index contributed by atoms with van der Waals surface area (Å²) < 4.78 is 42.6. The Labute approximate surface area is 224 Å². The predicted molar refractivity (Wildman–Crippen MR) is 142 cm³/mol. The second kappa shape index (κ2) is 10.2. The molecule has 2 aromatic carbocycles. The van der Waals surface area contributed by atoms with E-state index in [9.17, 15) is 18.8 Å². The van der Waals surface area contributed by atoms with Crippen molar-refractivity contribution < 1.29 is 18.3 Å². The van der Waals surface area contributed by atoms with E-state index in [4.69, 9.17) is 15.2 Å². The lowest BCUT2D eigenvalue weighted by Gasteiger charge is -2.44. The van der Waals surface area contributed by atoms with E-state index in [1.165, 1.54) is 12.1 Å². The second-order valence-corrected chi connectivity index (χ2v) is 10.9. The molecule has 3 aromatic rings. The molecule has 3 fully saturated rings. The molecule has 10 heteroatoms. The molecule has 1 aliphatic carbocycles. The summed E-state index contributed by atoms with van der Waals surface area (Å²) in [6.07, 6.45) is 6.75. The molecular formula is C29H31F2N5O3. The number of likely N-dealkylation sites (tertiary alicyclic amines) is 1. The van der Waals surface area contributed by atoms with Crippen LogP contribution in [0.2, 0.25) is 0 Å². The second-order valence-electron chi connectivity index (χ2n) is 10.9. The zero-order valence-electron chi connectivity index (χ0n) is 21.6. The van der Waals surface area contributed by atoms with E-state index < -0.39 is 12.0 Å². The van der Waals surface area contributed by atoms with Gasteiger partial charge in [-0.3, -0.25) is 14.3 Å². The number of nitrogen functional groups attached to an aromatic ring is 1. The summed E-state index contributed by atoms with van der Waals surface area (Å²) in [6.45, 7) is 2.00. The van der Waals surface area contributed by atoms with Gasteiger partial charge in [0.05, 0.1) is 41.2 Å². The summed E-state index contributed by atoms with van der Waals surface area (Å²) in [5.74, 6) is -0.819. The molecule has 39 heavy (non-hydrogen) atoms. The molecule has 0 amide bonds. The lowest BCUT2D eigenvalue weighted by Crippen LogP contribution is -2.51. The van der Waals surface area contributed by atoms with Crippen LogP contribution >= 0.6 is 0 Å². The van der Waals surface area contributed by atoms with Gasteiger partial charge in [-0.05, 0) is 62.4 Å². The first-order valence-corrected chi connectivity index (χ1v) is 13.6. The first-order valence-electron chi connectivity index (χ1n) is 13.6. The fourth-order valence-electron chi connectivity index (χ4n) is 6.43. The summed E-state index contributed by atoms with van der Waals surface area (Å²) in [4.78, 5) is 20.3. The number of halogens is 2.